The average molecular weight is 393 g/mol. The van der Waals surface area contributed by atoms with E-state index in [9.17, 15) is 4.39 Å². The van der Waals surface area contributed by atoms with Gasteiger partial charge in [-0.3, -0.25) is 14.7 Å². The molecule has 2 aromatic carbocycles. The van der Waals surface area contributed by atoms with Gasteiger partial charge in [-0.15, -0.1) is 0 Å². The van der Waals surface area contributed by atoms with Crippen LogP contribution in [0.1, 0.15) is 29.5 Å². The summed E-state index contributed by atoms with van der Waals surface area (Å²) >= 11 is 0. The minimum absolute atomic E-state index is 0.164. The van der Waals surface area contributed by atoms with Gasteiger partial charge in [-0.25, -0.2) is 4.39 Å². The Morgan fingerprint density at radius 2 is 1.48 bits per heavy atom. The summed E-state index contributed by atoms with van der Waals surface area (Å²) in [6.45, 7) is 8.50. The van der Waals surface area contributed by atoms with Crippen molar-refractivity contribution >= 4 is 0 Å². The third-order valence-electron chi connectivity index (χ3n) is 6.26. The molecule has 2 aliphatic rings. The maximum absolute atomic E-state index is 13.1. The molecule has 0 spiro atoms. The lowest BCUT2D eigenvalue weighted by Gasteiger charge is -2.42. The number of nitrogens with zero attached hydrogens (tertiary/aromatic N) is 4. The first-order valence-electron chi connectivity index (χ1n) is 10.6. The SMILES string of the molecule is N#Cc1cccc(CN2CCC(N3CCN(Cc4ccc(F)cc4)CC3)CC2)c1. The monoisotopic (exact) mass is 392 g/mol. The summed E-state index contributed by atoms with van der Waals surface area (Å²) in [5.41, 5.74) is 3.17. The lowest BCUT2D eigenvalue weighted by Crippen LogP contribution is -2.52. The summed E-state index contributed by atoms with van der Waals surface area (Å²) < 4.78 is 13.1. The normalized spacial score (nSPS) is 19.9. The molecule has 0 saturated carbocycles. The van der Waals surface area contributed by atoms with Crippen molar-refractivity contribution in [1.29, 1.82) is 5.26 Å². The van der Waals surface area contributed by atoms with Crippen molar-refractivity contribution in [2.24, 2.45) is 0 Å². The van der Waals surface area contributed by atoms with Gasteiger partial charge in [0, 0.05) is 45.3 Å². The van der Waals surface area contributed by atoms with Gasteiger partial charge in [0.2, 0.25) is 0 Å². The van der Waals surface area contributed by atoms with Crippen LogP contribution in [0.5, 0.6) is 0 Å². The summed E-state index contributed by atoms with van der Waals surface area (Å²) in [5, 5.41) is 9.07. The van der Waals surface area contributed by atoms with Crippen LogP contribution in [-0.2, 0) is 13.1 Å². The molecule has 5 heteroatoms. The van der Waals surface area contributed by atoms with Crippen molar-refractivity contribution in [3.63, 3.8) is 0 Å². The molecule has 2 aliphatic heterocycles. The zero-order chi connectivity index (χ0) is 20.1. The van der Waals surface area contributed by atoms with E-state index < -0.39 is 0 Å². The fourth-order valence-corrected chi connectivity index (χ4v) is 4.57. The molecule has 0 bridgehead atoms. The van der Waals surface area contributed by atoms with E-state index in [1.165, 1.54) is 24.0 Å². The molecule has 4 rings (SSSR count). The van der Waals surface area contributed by atoms with Crippen molar-refractivity contribution < 1.29 is 4.39 Å². The van der Waals surface area contributed by atoms with E-state index >= 15 is 0 Å². The summed E-state index contributed by atoms with van der Waals surface area (Å²) in [4.78, 5) is 7.65. The number of halogens is 1. The molecule has 2 fully saturated rings. The predicted molar refractivity (Wildman–Crippen MR) is 113 cm³/mol. The Morgan fingerprint density at radius 3 is 2.17 bits per heavy atom. The molecule has 2 heterocycles. The Hall–Kier alpha value is -2.26. The minimum atomic E-state index is -0.164. The van der Waals surface area contributed by atoms with Crippen LogP contribution in [0.2, 0.25) is 0 Å². The average Bonchev–Trinajstić information content (AvgIpc) is 2.77. The highest BCUT2D eigenvalue weighted by molar-refractivity contribution is 5.32. The molecule has 4 nitrogen and oxygen atoms in total. The summed E-state index contributed by atoms with van der Waals surface area (Å²) in [5.74, 6) is -0.164. The van der Waals surface area contributed by atoms with Crippen molar-refractivity contribution in [3.8, 4) is 6.07 Å². The van der Waals surface area contributed by atoms with Crippen LogP contribution in [0.3, 0.4) is 0 Å². The quantitative estimate of drug-likeness (QED) is 0.780. The van der Waals surface area contributed by atoms with Crippen molar-refractivity contribution in [2.45, 2.75) is 32.0 Å². The molecule has 0 N–H and O–H groups in total. The van der Waals surface area contributed by atoms with Crippen molar-refractivity contribution in [3.05, 3.63) is 71.0 Å². The van der Waals surface area contributed by atoms with Gasteiger partial charge in [-0.1, -0.05) is 24.3 Å². The number of nitriles is 1. The zero-order valence-corrected chi connectivity index (χ0v) is 16.9. The zero-order valence-electron chi connectivity index (χ0n) is 16.9. The van der Waals surface area contributed by atoms with Gasteiger partial charge in [-0.2, -0.15) is 5.26 Å². The van der Waals surface area contributed by atoms with Crippen LogP contribution < -0.4 is 0 Å². The first-order valence-corrected chi connectivity index (χ1v) is 10.6. The van der Waals surface area contributed by atoms with Gasteiger partial charge in [-0.05, 0) is 61.3 Å². The molecule has 0 atom stereocenters. The second kappa shape index (κ2) is 9.49. The number of piperidine rings is 1. The van der Waals surface area contributed by atoms with E-state index in [-0.39, 0.29) is 5.82 Å². The molecule has 2 aromatic rings. The molecule has 2 saturated heterocycles. The van der Waals surface area contributed by atoms with Crippen molar-refractivity contribution in [2.75, 3.05) is 39.3 Å². The molecule has 0 aliphatic carbocycles. The van der Waals surface area contributed by atoms with E-state index in [1.54, 1.807) is 12.1 Å². The second-order valence-corrected chi connectivity index (χ2v) is 8.26. The van der Waals surface area contributed by atoms with Gasteiger partial charge in [0.15, 0.2) is 0 Å². The fourth-order valence-electron chi connectivity index (χ4n) is 4.57. The Kier molecular flexibility index (Phi) is 6.56. The van der Waals surface area contributed by atoms with E-state index in [1.807, 2.05) is 30.3 Å². The lowest BCUT2D eigenvalue weighted by atomic mass is 10.0. The van der Waals surface area contributed by atoms with Gasteiger partial charge in [0.05, 0.1) is 11.6 Å². The molecular formula is C24H29FN4. The standard InChI is InChI=1S/C24H29FN4/c25-23-6-4-20(5-7-23)18-28-12-14-29(15-13-28)24-8-10-27(11-9-24)19-22-3-1-2-21(16-22)17-26/h1-7,16,24H,8-15,18-19H2. The van der Waals surface area contributed by atoms with E-state index in [2.05, 4.69) is 26.8 Å². The van der Waals surface area contributed by atoms with E-state index in [4.69, 9.17) is 5.26 Å². The van der Waals surface area contributed by atoms with Crippen molar-refractivity contribution in [1.82, 2.24) is 14.7 Å². The highest BCUT2D eigenvalue weighted by atomic mass is 19.1. The number of piperazine rings is 1. The Bertz CT molecular complexity index is 829. The molecule has 0 radical (unpaired) electrons. The third kappa shape index (κ3) is 5.42. The number of likely N-dealkylation sites (tertiary alicyclic amines) is 1. The van der Waals surface area contributed by atoms with E-state index in [0.717, 1.165) is 57.9 Å². The first-order chi connectivity index (χ1) is 14.2. The second-order valence-electron chi connectivity index (χ2n) is 8.26. The van der Waals surface area contributed by atoms with E-state index in [0.29, 0.717) is 6.04 Å². The van der Waals surface area contributed by atoms with Gasteiger partial charge in [0.25, 0.3) is 0 Å². The molecule has 0 unspecified atom stereocenters. The minimum Gasteiger partial charge on any atom is -0.299 e. The van der Waals surface area contributed by atoms with Gasteiger partial charge in [0.1, 0.15) is 5.82 Å². The first kappa shape index (κ1) is 20.0. The predicted octanol–water partition coefficient (Wildman–Crippen LogP) is 3.48. The molecule has 0 aromatic heterocycles. The smallest absolute Gasteiger partial charge is 0.123 e. The molecule has 152 valence electrons. The maximum Gasteiger partial charge on any atom is 0.123 e. The Balaban J connectivity index is 1.20. The van der Waals surface area contributed by atoms with Crippen LogP contribution in [0, 0.1) is 17.1 Å². The number of hydrogen-bond acceptors (Lipinski definition) is 4. The fraction of sp³-hybridized carbons (Fsp3) is 0.458. The number of benzene rings is 2. The maximum atomic E-state index is 13.1. The van der Waals surface area contributed by atoms with Crippen LogP contribution in [0.4, 0.5) is 4.39 Å². The third-order valence-corrected chi connectivity index (χ3v) is 6.26. The summed E-state index contributed by atoms with van der Waals surface area (Å²) in [7, 11) is 0. The molecule has 29 heavy (non-hydrogen) atoms. The Labute approximate surface area is 173 Å². The van der Waals surface area contributed by atoms with Crippen LogP contribution in [-0.4, -0.2) is 60.0 Å². The lowest BCUT2D eigenvalue weighted by molar-refractivity contribution is 0.0550. The van der Waals surface area contributed by atoms with Gasteiger partial charge >= 0.3 is 0 Å². The largest absolute Gasteiger partial charge is 0.299 e. The van der Waals surface area contributed by atoms with Gasteiger partial charge < -0.3 is 0 Å². The van der Waals surface area contributed by atoms with Crippen LogP contribution in [0.15, 0.2) is 48.5 Å². The Morgan fingerprint density at radius 1 is 0.828 bits per heavy atom. The topological polar surface area (TPSA) is 33.5 Å². The number of hydrogen-bond donors (Lipinski definition) is 0. The summed E-state index contributed by atoms with van der Waals surface area (Å²) in [6.07, 6.45) is 2.44. The molecule has 0 amide bonds. The summed E-state index contributed by atoms with van der Waals surface area (Å²) in [6, 6.07) is 17.8. The highest BCUT2D eigenvalue weighted by Gasteiger charge is 2.27. The molecular weight excluding hydrogens is 363 g/mol. The highest BCUT2D eigenvalue weighted by Crippen LogP contribution is 2.21. The number of rotatable bonds is 5. The van der Waals surface area contributed by atoms with Crippen LogP contribution in [0.25, 0.3) is 0 Å². The van der Waals surface area contributed by atoms with Crippen LogP contribution >= 0.6 is 0 Å².